The van der Waals surface area contributed by atoms with Gasteiger partial charge in [-0.3, -0.25) is 4.90 Å². The van der Waals surface area contributed by atoms with E-state index >= 15 is 8.78 Å². The number of nitriles is 1. The first-order chi connectivity index (χ1) is 19.9. The second-order valence-corrected chi connectivity index (χ2v) is 11.5. The Hall–Kier alpha value is -3.87. The smallest absolute Gasteiger partial charge is 0.232 e. The van der Waals surface area contributed by atoms with Crippen molar-refractivity contribution in [3.05, 3.63) is 65.2 Å². The lowest BCUT2D eigenvalue weighted by Gasteiger charge is -2.31. The molecular formula is C32H29F3N4O2. The first-order valence-electron chi connectivity index (χ1n) is 14.1. The predicted molar refractivity (Wildman–Crippen MR) is 150 cm³/mol. The number of aromatic nitrogens is 1. The second kappa shape index (κ2) is 9.89. The second-order valence-electron chi connectivity index (χ2n) is 11.5. The van der Waals surface area contributed by atoms with Gasteiger partial charge in [-0.25, -0.2) is 18.2 Å². The molecule has 0 amide bonds. The van der Waals surface area contributed by atoms with Crippen LogP contribution in [0.3, 0.4) is 0 Å². The van der Waals surface area contributed by atoms with E-state index in [9.17, 15) is 14.8 Å². The summed E-state index contributed by atoms with van der Waals surface area (Å²) in [6.07, 6.45) is 1.92. The van der Waals surface area contributed by atoms with Crippen LogP contribution in [0.5, 0.6) is 11.6 Å². The number of halogens is 3. The van der Waals surface area contributed by atoms with Crippen LogP contribution in [0.1, 0.15) is 42.7 Å². The zero-order valence-corrected chi connectivity index (χ0v) is 22.4. The number of ether oxygens (including phenoxy) is 1. The summed E-state index contributed by atoms with van der Waals surface area (Å²) in [6, 6.07) is 12.8. The third-order valence-corrected chi connectivity index (χ3v) is 9.12. The number of hydrogen-bond acceptors (Lipinski definition) is 6. The number of pyridine rings is 1. The zero-order valence-electron chi connectivity index (χ0n) is 22.4. The van der Waals surface area contributed by atoms with Gasteiger partial charge in [0.2, 0.25) is 5.88 Å². The van der Waals surface area contributed by atoms with Crippen LogP contribution in [-0.4, -0.2) is 59.5 Å². The number of benzene rings is 3. The molecule has 0 bridgehead atoms. The Bertz CT molecular complexity index is 1730. The number of hydrogen-bond donors (Lipinski definition) is 2. The van der Waals surface area contributed by atoms with Gasteiger partial charge in [-0.1, -0.05) is 24.3 Å². The van der Waals surface area contributed by atoms with Gasteiger partial charge in [-0.15, -0.1) is 0 Å². The van der Waals surface area contributed by atoms with Crippen molar-refractivity contribution in [2.24, 2.45) is 0 Å². The third kappa shape index (κ3) is 4.20. The molecule has 3 aromatic carbocycles. The molecule has 210 valence electrons. The zero-order chi connectivity index (χ0) is 28.3. The molecule has 0 spiro atoms. The van der Waals surface area contributed by atoms with Crippen LogP contribution in [0.2, 0.25) is 0 Å². The van der Waals surface area contributed by atoms with E-state index in [0.29, 0.717) is 35.8 Å². The largest absolute Gasteiger partial charge is 0.508 e. The first-order valence-corrected chi connectivity index (χ1v) is 14.1. The molecule has 1 aromatic heterocycles. The Balaban J connectivity index is 1.41. The Morgan fingerprint density at radius 1 is 1.20 bits per heavy atom. The van der Waals surface area contributed by atoms with E-state index in [1.807, 2.05) is 0 Å². The molecule has 2 N–H and O–H groups in total. The van der Waals surface area contributed by atoms with Gasteiger partial charge in [0.15, 0.2) is 5.82 Å². The molecule has 41 heavy (non-hydrogen) atoms. The van der Waals surface area contributed by atoms with E-state index in [2.05, 4.69) is 21.3 Å². The third-order valence-electron chi connectivity index (χ3n) is 9.12. The molecule has 0 radical (unpaired) electrons. The number of phenols is 1. The topological polar surface area (TPSA) is 81.4 Å². The summed E-state index contributed by atoms with van der Waals surface area (Å²) in [5.74, 6) is -1.35. The van der Waals surface area contributed by atoms with Gasteiger partial charge in [0.1, 0.15) is 41.5 Å². The molecule has 0 saturated carbocycles. The quantitative estimate of drug-likeness (QED) is 0.316. The molecule has 4 heterocycles. The van der Waals surface area contributed by atoms with Crippen LogP contribution in [0.4, 0.5) is 13.2 Å². The highest BCUT2D eigenvalue weighted by Gasteiger charge is 2.49. The monoisotopic (exact) mass is 558 g/mol. The molecule has 7 rings (SSSR count). The highest BCUT2D eigenvalue weighted by atomic mass is 19.1. The standard InChI is InChI=1S/C32H29F3N4O2/c33-20-13-32(8-2-10-39(32)16-20)17-41-31-25(14-36)27(19-7-9-37-15-19)23-6-5-22(29(35)30(23)38-31)24-12-21(40)11-18-3-1-4-26(34)28(18)24/h1,3-6,11-12,19-20,37,40H,2,7-10,13,15-17H2/t19?,20-,32+/m1/s1. The summed E-state index contributed by atoms with van der Waals surface area (Å²) in [4.78, 5) is 6.69. The normalized spacial score (nSPS) is 24.2. The van der Waals surface area contributed by atoms with Crippen LogP contribution in [-0.2, 0) is 0 Å². The van der Waals surface area contributed by atoms with Crippen molar-refractivity contribution in [3.8, 4) is 28.8 Å². The fraction of sp³-hybridized carbons (Fsp3) is 0.375. The number of fused-ring (bicyclic) bond motifs is 3. The lowest BCUT2D eigenvalue weighted by molar-refractivity contribution is 0.110. The molecule has 3 atom stereocenters. The number of nitrogens with zero attached hydrogens (tertiary/aromatic N) is 3. The molecule has 3 aliphatic heterocycles. The highest BCUT2D eigenvalue weighted by molar-refractivity contribution is 6.01. The maximum absolute atomic E-state index is 16.6. The predicted octanol–water partition coefficient (Wildman–Crippen LogP) is 5.94. The number of nitrogens with one attached hydrogen (secondary N) is 1. The Labute approximate surface area is 235 Å². The Kier molecular flexibility index (Phi) is 6.29. The van der Waals surface area contributed by atoms with Crippen molar-refractivity contribution < 1.29 is 23.0 Å². The van der Waals surface area contributed by atoms with Gasteiger partial charge in [0, 0.05) is 35.8 Å². The molecule has 1 unspecified atom stereocenters. The maximum Gasteiger partial charge on any atom is 0.232 e. The minimum absolute atomic E-state index is 0.0156. The number of alkyl halides is 1. The summed E-state index contributed by atoms with van der Waals surface area (Å²) in [5.41, 5.74) is 0.778. The van der Waals surface area contributed by atoms with Gasteiger partial charge >= 0.3 is 0 Å². The Morgan fingerprint density at radius 3 is 2.88 bits per heavy atom. The maximum atomic E-state index is 16.6. The number of phenolic OH excluding ortho intramolecular Hbond substituents is 1. The van der Waals surface area contributed by atoms with Crippen LogP contribution in [0, 0.1) is 23.0 Å². The fourth-order valence-corrected chi connectivity index (χ4v) is 7.27. The van der Waals surface area contributed by atoms with Crippen LogP contribution in [0.25, 0.3) is 32.8 Å². The highest BCUT2D eigenvalue weighted by Crippen LogP contribution is 2.43. The van der Waals surface area contributed by atoms with Gasteiger partial charge in [-0.2, -0.15) is 5.26 Å². The Morgan fingerprint density at radius 2 is 2.07 bits per heavy atom. The van der Waals surface area contributed by atoms with Gasteiger partial charge in [-0.05, 0) is 73.0 Å². The molecule has 6 nitrogen and oxygen atoms in total. The molecule has 3 saturated heterocycles. The average molecular weight is 559 g/mol. The van der Waals surface area contributed by atoms with Crippen molar-refractivity contribution in [1.29, 1.82) is 5.26 Å². The number of aromatic hydroxyl groups is 1. The van der Waals surface area contributed by atoms with Crippen molar-refractivity contribution in [1.82, 2.24) is 15.2 Å². The number of rotatable bonds is 5. The van der Waals surface area contributed by atoms with Gasteiger partial charge < -0.3 is 15.2 Å². The summed E-state index contributed by atoms with van der Waals surface area (Å²) >= 11 is 0. The van der Waals surface area contributed by atoms with Crippen molar-refractivity contribution in [3.63, 3.8) is 0 Å². The van der Waals surface area contributed by atoms with Crippen molar-refractivity contribution in [2.75, 3.05) is 32.8 Å². The molecular weight excluding hydrogens is 529 g/mol. The molecule has 3 aliphatic rings. The van der Waals surface area contributed by atoms with Crippen LogP contribution < -0.4 is 10.1 Å². The minimum Gasteiger partial charge on any atom is -0.508 e. The molecule has 4 aromatic rings. The molecule has 9 heteroatoms. The fourth-order valence-electron chi connectivity index (χ4n) is 7.27. The average Bonchev–Trinajstić information content (AvgIpc) is 3.68. The van der Waals surface area contributed by atoms with Crippen LogP contribution >= 0.6 is 0 Å². The van der Waals surface area contributed by atoms with Crippen molar-refractivity contribution >= 4 is 21.7 Å². The molecule has 3 fully saturated rings. The summed E-state index contributed by atoms with van der Waals surface area (Å²) in [5, 5.41) is 25.1. The van der Waals surface area contributed by atoms with E-state index < -0.39 is 23.3 Å². The lowest BCUT2D eigenvalue weighted by Crippen LogP contribution is -2.43. The van der Waals surface area contributed by atoms with E-state index in [4.69, 9.17) is 4.74 Å². The van der Waals surface area contributed by atoms with E-state index in [1.54, 1.807) is 18.2 Å². The van der Waals surface area contributed by atoms with Gasteiger partial charge in [0.25, 0.3) is 0 Å². The van der Waals surface area contributed by atoms with Crippen LogP contribution in [0.15, 0.2) is 42.5 Å². The van der Waals surface area contributed by atoms with Gasteiger partial charge in [0.05, 0.1) is 5.54 Å². The lowest BCUT2D eigenvalue weighted by atomic mass is 9.89. The molecule has 0 aliphatic carbocycles. The summed E-state index contributed by atoms with van der Waals surface area (Å²) in [7, 11) is 0. The van der Waals surface area contributed by atoms with E-state index in [-0.39, 0.29) is 51.7 Å². The first kappa shape index (κ1) is 26.1. The van der Waals surface area contributed by atoms with E-state index in [1.165, 1.54) is 24.3 Å². The van der Waals surface area contributed by atoms with E-state index in [0.717, 1.165) is 32.4 Å². The summed E-state index contributed by atoms with van der Waals surface area (Å²) < 4.78 is 52.2. The summed E-state index contributed by atoms with van der Waals surface area (Å²) in [6.45, 7) is 2.71. The SMILES string of the molecule is N#Cc1c(OC[C@@]23CCCN2C[C@H](F)C3)nc2c(F)c(-c3cc(O)cc4cccc(F)c34)ccc2c1C1CCNC1. The minimum atomic E-state index is -0.934. The van der Waals surface area contributed by atoms with Crippen molar-refractivity contribution in [2.45, 2.75) is 43.3 Å².